The maximum Gasteiger partial charge on any atom is 0.253 e. The topological polar surface area (TPSA) is 73.2 Å². The number of carbonyl (C=O) groups is 1. The number of hydrogen-bond acceptors (Lipinski definition) is 4. The number of pyridine rings is 2. The van der Waals surface area contributed by atoms with Gasteiger partial charge in [0.05, 0.1) is 11.4 Å². The third-order valence-corrected chi connectivity index (χ3v) is 5.17. The Bertz CT molecular complexity index is 1120. The van der Waals surface area contributed by atoms with Crippen molar-refractivity contribution in [2.75, 3.05) is 5.32 Å². The molecule has 2 aromatic heterocycles. The van der Waals surface area contributed by atoms with E-state index in [1.807, 2.05) is 50.4 Å². The normalized spacial score (nSPS) is 13.6. The summed E-state index contributed by atoms with van der Waals surface area (Å²) in [6.45, 7) is 3.74. The average molecular weight is 424 g/mol. The van der Waals surface area contributed by atoms with Gasteiger partial charge in [0.25, 0.3) is 5.56 Å². The first-order chi connectivity index (χ1) is 13.9. The van der Waals surface area contributed by atoms with Gasteiger partial charge in [0.1, 0.15) is 11.9 Å². The van der Waals surface area contributed by atoms with Gasteiger partial charge >= 0.3 is 0 Å². The first-order valence-electron chi connectivity index (χ1n) is 9.64. The molecule has 0 saturated carbocycles. The Balaban J connectivity index is 0.00000256. The Labute approximate surface area is 182 Å². The Kier molecular flexibility index (Phi) is 6.31. The summed E-state index contributed by atoms with van der Waals surface area (Å²) in [6.07, 6.45) is 4.36. The largest absolute Gasteiger partial charge is 0.482 e. The lowest BCUT2D eigenvalue weighted by Gasteiger charge is -2.24. The van der Waals surface area contributed by atoms with Gasteiger partial charge < -0.3 is 14.6 Å². The molecule has 156 valence electrons. The van der Waals surface area contributed by atoms with Crippen LogP contribution in [0, 0.1) is 6.92 Å². The number of benzene rings is 1. The Morgan fingerprint density at radius 1 is 1.13 bits per heavy atom. The Morgan fingerprint density at radius 3 is 2.63 bits per heavy atom. The number of carbonyl (C=O) groups excluding carboxylic acids is 1. The monoisotopic (exact) mass is 423 g/mol. The highest BCUT2D eigenvalue weighted by atomic mass is 32.1. The van der Waals surface area contributed by atoms with Crippen LogP contribution in [0.25, 0.3) is 11.1 Å². The molecule has 1 atom stereocenters. The smallest absolute Gasteiger partial charge is 0.253 e. The lowest BCUT2D eigenvalue weighted by atomic mass is 9.96. The summed E-state index contributed by atoms with van der Waals surface area (Å²) in [7, 11) is 1.75. The molecule has 0 radical (unpaired) electrons. The van der Waals surface area contributed by atoms with E-state index >= 15 is 0 Å². The van der Waals surface area contributed by atoms with Gasteiger partial charge in [0, 0.05) is 31.4 Å². The lowest BCUT2D eigenvalue weighted by Crippen LogP contribution is -2.21. The van der Waals surface area contributed by atoms with Crippen LogP contribution in [0.2, 0.25) is 0 Å². The summed E-state index contributed by atoms with van der Waals surface area (Å²) >= 11 is 0. The highest BCUT2D eigenvalue weighted by molar-refractivity contribution is 7.59. The molecule has 1 aromatic carbocycles. The highest BCUT2D eigenvalue weighted by Crippen LogP contribution is 2.39. The summed E-state index contributed by atoms with van der Waals surface area (Å²) in [6, 6.07) is 11.6. The van der Waals surface area contributed by atoms with Crippen molar-refractivity contribution in [2.24, 2.45) is 7.05 Å². The molecule has 0 unspecified atom stereocenters. The molecule has 1 aliphatic rings. The molecule has 0 fully saturated rings. The Hall–Kier alpha value is -3.06. The number of nitrogens with zero attached hydrogens (tertiary/aromatic N) is 2. The molecule has 1 N–H and O–H groups in total. The van der Waals surface area contributed by atoms with Gasteiger partial charge in [-0.25, -0.2) is 0 Å². The van der Waals surface area contributed by atoms with Crippen LogP contribution in [0.4, 0.5) is 5.69 Å². The van der Waals surface area contributed by atoms with Gasteiger partial charge in [0.2, 0.25) is 5.91 Å². The fourth-order valence-electron chi connectivity index (χ4n) is 3.62. The second-order valence-corrected chi connectivity index (χ2v) is 7.40. The Morgan fingerprint density at radius 2 is 1.93 bits per heavy atom. The number of hydrogen-bond donors (Lipinski definition) is 1. The fourth-order valence-corrected chi connectivity index (χ4v) is 3.62. The first-order valence-corrected chi connectivity index (χ1v) is 9.64. The molecule has 3 aromatic rings. The van der Waals surface area contributed by atoms with Gasteiger partial charge in [-0.1, -0.05) is 6.07 Å². The van der Waals surface area contributed by atoms with E-state index in [1.165, 1.54) is 0 Å². The van der Waals surface area contributed by atoms with E-state index in [-0.39, 0.29) is 31.1 Å². The molecule has 1 aliphatic heterocycles. The minimum Gasteiger partial charge on any atom is -0.482 e. The molecule has 6 nitrogen and oxygen atoms in total. The van der Waals surface area contributed by atoms with Crippen molar-refractivity contribution in [1.29, 1.82) is 0 Å². The van der Waals surface area contributed by atoms with Crippen molar-refractivity contribution in [3.05, 3.63) is 76.0 Å². The fraction of sp³-hybridized carbons (Fsp3) is 0.261. The standard InChI is InChI=1S/C23H23N3O3.H2S/c1-14-10-18(13-26(3)23(14)28)17-11-16-7-8-21(27)25-22(16)20(12-17)29-15(2)19-6-4-5-9-24-19;/h4-6,9-13,15H,7-8H2,1-3H3,(H,25,27);1H2/t15-;/m0./s1. The molecule has 30 heavy (non-hydrogen) atoms. The predicted octanol–water partition coefficient (Wildman–Crippen LogP) is 3.89. The maximum atomic E-state index is 12.1. The van der Waals surface area contributed by atoms with Crippen LogP contribution < -0.4 is 15.6 Å². The van der Waals surface area contributed by atoms with Crippen molar-refractivity contribution in [3.63, 3.8) is 0 Å². The lowest BCUT2D eigenvalue weighted by molar-refractivity contribution is -0.116. The molecule has 4 rings (SSSR count). The molecule has 1 amide bonds. The van der Waals surface area contributed by atoms with Crippen LogP contribution in [0.15, 0.2) is 53.6 Å². The van der Waals surface area contributed by atoms with Crippen LogP contribution >= 0.6 is 13.5 Å². The summed E-state index contributed by atoms with van der Waals surface area (Å²) in [5.74, 6) is 0.591. The number of anilines is 1. The summed E-state index contributed by atoms with van der Waals surface area (Å²) in [5, 5.41) is 2.96. The van der Waals surface area contributed by atoms with E-state index in [4.69, 9.17) is 4.74 Å². The SMILES string of the molecule is Cc1cc(-c2cc3c(c(O[C@@H](C)c4ccccn4)c2)NC(=O)CC3)cn(C)c1=O.S. The molecule has 0 saturated heterocycles. The summed E-state index contributed by atoms with van der Waals surface area (Å²) < 4.78 is 7.83. The van der Waals surface area contributed by atoms with Gasteiger partial charge in [-0.05, 0) is 67.3 Å². The van der Waals surface area contributed by atoms with Crippen molar-refractivity contribution >= 4 is 25.1 Å². The van der Waals surface area contributed by atoms with Crippen molar-refractivity contribution in [2.45, 2.75) is 32.8 Å². The van der Waals surface area contributed by atoms with E-state index < -0.39 is 0 Å². The van der Waals surface area contributed by atoms with Crippen molar-refractivity contribution in [3.8, 4) is 16.9 Å². The summed E-state index contributed by atoms with van der Waals surface area (Å²) in [4.78, 5) is 28.4. The molecule has 0 aliphatic carbocycles. The zero-order valence-corrected chi connectivity index (χ0v) is 18.2. The van der Waals surface area contributed by atoms with E-state index in [9.17, 15) is 9.59 Å². The second kappa shape index (κ2) is 8.75. The predicted molar refractivity (Wildman–Crippen MR) is 122 cm³/mol. The third-order valence-electron chi connectivity index (χ3n) is 5.17. The molecular weight excluding hydrogens is 398 g/mol. The number of ether oxygens (including phenoxy) is 1. The molecule has 3 heterocycles. The zero-order chi connectivity index (χ0) is 20.5. The number of aromatic nitrogens is 2. The van der Waals surface area contributed by atoms with Gasteiger partial charge in [-0.2, -0.15) is 13.5 Å². The molecule has 0 bridgehead atoms. The van der Waals surface area contributed by atoms with E-state index in [0.29, 0.717) is 29.8 Å². The minimum absolute atomic E-state index is 0. The number of rotatable bonds is 4. The van der Waals surface area contributed by atoms with Crippen molar-refractivity contribution < 1.29 is 9.53 Å². The number of nitrogens with one attached hydrogen (secondary N) is 1. The maximum absolute atomic E-state index is 12.1. The van der Waals surface area contributed by atoms with Crippen LogP contribution in [-0.4, -0.2) is 15.5 Å². The van der Waals surface area contributed by atoms with E-state index in [2.05, 4.69) is 16.4 Å². The zero-order valence-electron chi connectivity index (χ0n) is 17.2. The molecule has 7 heteroatoms. The second-order valence-electron chi connectivity index (χ2n) is 7.40. The van der Waals surface area contributed by atoms with Crippen LogP contribution in [0.5, 0.6) is 5.75 Å². The molecular formula is C23H25N3O3S. The van der Waals surface area contributed by atoms with Gasteiger partial charge in [-0.3, -0.25) is 14.6 Å². The van der Waals surface area contributed by atoms with Crippen LogP contribution in [-0.2, 0) is 18.3 Å². The van der Waals surface area contributed by atoms with Gasteiger partial charge in [0.15, 0.2) is 0 Å². The summed E-state index contributed by atoms with van der Waals surface area (Å²) in [5.41, 5.74) is 5.10. The number of fused-ring (bicyclic) bond motifs is 1. The average Bonchev–Trinajstić information content (AvgIpc) is 2.72. The van der Waals surface area contributed by atoms with Crippen LogP contribution in [0.1, 0.15) is 36.3 Å². The van der Waals surface area contributed by atoms with Crippen LogP contribution in [0.3, 0.4) is 0 Å². The van der Waals surface area contributed by atoms with Gasteiger partial charge in [-0.15, -0.1) is 0 Å². The minimum atomic E-state index is -0.281. The van der Waals surface area contributed by atoms with E-state index in [0.717, 1.165) is 22.4 Å². The van der Waals surface area contributed by atoms with Crippen molar-refractivity contribution in [1.82, 2.24) is 9.55 Å². The van der Waals surface area contributed by atoms with E-state index in [1.54, 1.807) is 17.8 Å². The number of amides is 1. The highest BCUT2D eigenvalue weighted by Gasteiger charge is 2.22. The first kappa shape index (κ1) is 21.6. The number of aryl methyl sites for hydroxylation is 3. The quantitative estimate of drug-likeness (QED) is 0.691. The third kappa shape index (κ3) is 4.26. The molecule has 0 spiro atoms.